The Morgan fingerprint density at radius 1 is 1.19 bits per heavy atom. The van der Waals surface area contributed by atoms with Gasteiger partial charge in [-0.25, -0.2) is 18.2 Å². The summed E-state index contributed by atoms with van der Waals surface area (Å²) in [5.41, 5.74) is 1.42. The number of nitrogens with zero attached hydrogens (tertiary/aromatic N) is 2. The zero-order chi connectivity index (χ0) is 22.0. The van der Waals surface area contributed by atoms with Gasteiger partial charge in [0.25, 0.3) is 0 Å². The van der Waals surface area contributed by atoms with Crippen LogP contribution in [0.25, 0.3) is 0 Å². The average molecular weight is 449 g/mol. The van der Waals surface area contributed by atoms with Crippen LogP contribution in [0.5, 0.6) is 0 Å². The molecule has 0 spiro atoms. The fraction of sp³-hybridized carbons (Fsp3) is 0.550. The number of alkyl carbamates (subject to hydrolysis) is 1. The van der Waals surface area contributed by atoms with Crippen LogP contribution in [0.2, 0.25) is 0 Å². The van der Waals surface area contributed by atoms with Crippen LogP contribution in [0, 0.1) is 0 Å². The van der Waals surface area contributed by atoms with Crippen molar-refractivity contribution in [1.29, 1.82) is 0 Å². The summed E-state index contributed by atoms with van der Waals surface area (Å²) in [6, 6.07) is 5.34. The van der Waals surface area contributed by atoms with Gasteiger partial charge in [-0.1, -0.05) is 0 Å². The summed E-state index contributed by atoms with van der Waals surface area (Å²) >= 11 is 0. The van der Waals surface area contributed by atoms with Crippen molar-refractivity contribution in [2.24, 2.45) is 0 Å². The molecule has 2 heterocycles. The predicted octanol–water partition coefficient (Wildman–Crippen LogP) is 3.22. The molecule has 0 saturated heterocycles. The van der Waals surface area contributed by atoms with Crippen LogP contribution in [0.15, 0.2) is 24.4 Å². The zero-order valence-electron chi connectivity index (χ0n) is 17.6. The van der Waals surface area contributed by atoms with Crippen molar-refractivity contribution < 1.29 is 17.9 Å². The minimum absolute atomic E-state index is 0.0481. The second kappa shape index (κ2) is 8.74. The van der Waals surface area contributed by atoms with E-state index in [9.17, 15) is 13.2 Å². The summed E-state index contributed by atoms with van der Waals surface area (Å²) in [7, 11) is -3.30. The van der Waals surface area contributed by atoms with Gasteiger partial charge in [0.1, 0.15) is 11.9 Å². The highest BCUT2D eigenvalue weighted by Crippen LogP contribution is 2.36. The highest BCUT2D eigenvalue weighted by atomic mass is 32.2. The Labute approximate surface area is 181 Å². The summed E-state index contributed by atoms with van der Waals surface area (Å²) in [5, 5.41) is 12.9. The Balaban J connectivity index is 1.29. The van der Waals surface area contributed by atoms with Crippen molar-refractivity contribution in [3.05, 3.63) is 30.1 Å². The number of amides is 1. The summed E-state index contributed by atoms with van der Waals surface area (Å²) < 4.78 is 32.0. The number of H-pyrrole nitrogens is 1. The predicted molar refractivity (Wildman–Crippen MR) is 117 cm³/mol. The number of hydrogen-bond acceptors (Lipinski definition) is 7. The Kier molecular flexibility index (Phi) is 6.03. The number of aromatic nitrogens is 3. The van der Waals surface area contributed by atoms with E-state index in [-0.39, 0.29) is 29.4 Å². The summed E-state index contributed by atoms with van der Waals surface area (Å²) in [6.07, 6.45) is 4.91. The number of pyridine rings is 1. The highest BCUT2D eigenvalue weighted by molar-refractivity contribution is 7.93. The molecule has 2 aliphatic carbocycles. The number of carbonyl (C=O) groups excluding carboxylic acids is 1. The molecule has 31 heavy (non-hydrogen) atoms. The minimum atomic E-state index is -3.30. The largest absolute Gasteiger partial charge is 0.446 e. The van der Waals surface area contributed by atoms with E-state index in [4.69, 9.17) is 4.74 Å². The molecule has 4 rings (SSSR count). The molecule has 11 heteroatoms. The van der Waals surface area contributed by atoms with E-state index in [0.717, 1.165) is 25.0 Å². The third kappa shape index (κ3) is 5.66. The molecule has 1 amide bonds. The van der Waals surface area contributed by atoms with Crippen LogP contribution in [0.1, 0.15) is 57.6 Å². The first-order valence-electron chi connectivity index (χ1n) is 10.6. The van der Waals surface area contributed by atoms with Gasteiger partial charge in [0.2, 0.25) is 10.0 Å². The molecular weight excluding hydrogens is 420 g/mol. The van der Waals surface area contributed by atoms with Gasteiger partial charge >= 0.3 is 6.09 Å². The molecule has 0 bridgehead atoms. The Morgan fingerprint density at radius 2 is 2.00 bits per heavy atom. The van der Waals surface area contributed by atoms with Crippen LogP contribution in [-0.2, 0) is 14.8 Å². The van der Waals surface area contributed by atoms with Gasteiger partial charge in [0.15, 0.2) is 5.82 Å². The van der Waals surface area contributed by atoms with Crippen molar-refractivity contribution in [3.63, 3.8) is 0 Å². The number of ether oxygens (including phenoxy) is 1. The van der Waals surface area contributed by atoms with Gasteiger partial charge in [0.05, 0.1) is 17.1 Å². The number of carbonyl (C=O) groups is 1. The fourth-order valence-electron chi connectivity index (χ4n) is 3.65. The molecule has 2 aliphatic rings. The molecule has 2 aromatic rings. The maximum Gasteiger partial charge on any atom is 0.407 e. The normalized spacial score (nSPS) is 21.1. The van der Waals surface area contributed by atoms with Gasteiger partial charge in [-0.05, 0) is 58.1 Å². The van der Waals surface area contributed by atoms with Crippen LogP contribution < -0.4 is 15.4 Å². The second-order valence-electron chi connectivity index (χ2n) is 8.45. The average Bonchev–Trinajstić information content (AvgIpc) is 3.31. The Bertz CT molecular complexity index is 1020. The maximum absolute atomic E-state index is 12.0. The van der Waals surface area contributed by atoms with E-state index < -0.39 is 10.0 Å². The number of hydrogen-bond donors (Lipinski definition) is 4. The Hall–Kier alpha value is -2.82. The van der Waals surface area contributed by atoms with E-state index in [1.54, 1.807) is 12.1 Å². The molecule has 168 valence electrons. The fourth-order valence-corrected chi connectivity index (χ4v) is 5.02. The lowest BCUT2D eigenvalue weighted by Gasteiger charge is -2.14. The molecule has 0 unspecified atom stereocenters. The summed E-state index contributed by atoms with van der Waals surface area (Å²) in [5.74, 6) is 1.42. The van der Waals surface area contributed by atoms with E-state index >= 15 is 0 Å². The van der Waals surface area contributed by atoms with E-state index in [1.807, 2.05) is 19.9 Å². The van der Waals surface area contributed by atoms with Crippen molar-refractivity contribution in [2.45, 2.75) is 69.3 Å². The van der Waals surface area contributed by atoms with Crippen LogP contribution >= 0.6 is 0 Å². The quantitative estimate of drug-likeness (QED) is 0.486. The molecule has 0 aliphatic heterocycles. The lowest BCUT2D eigenvalue weighted by molar-refractivity contribution is 0.0981. The molecule has 4 N–H and O–H groups in total. The van der Waals surface area contributed by atoms with Crippen molar-refractivity contribution in [2.75, 3.05) is 10.0 Å². The van der Waals surface area contributed by atoms with Gasteiger partial charge in [-0.15, -0.1) is 0 Å². The van der Waals surface area contributed by atoms with Crippen LogP contribution in [0.4, 0.5) is 22.1 Å². The monoisotopic (exact) mass is 448 g/mol. The molecule has 2 aromatic heterocycles. The van der Waals surface area contributed by atoms with Gasteiger partial charge < -0.3 is 15.4 Å². The highest BCUT2D eigenvalue weighted by Gasteiger charge is 2.35. The molecule has 2 fully saturated rings. The zero-order valence-corrected chi connectivity index (χ0v) is 18.4. The smallest absolute Gasteiger partial charge is 0.407 e. The third-order valence-electron chi connectivity index (χ3n) is 5.35. The van der Waals surface area contributed by atoms with Gasteiger partial charge in [0, 0.05) is 23.7 Å². The molecule has 2 saturated carbocycles. The van der Waals surface area contributed by atoms with Gasteiger partial charge in [-0.2, -0.15) is 5.10 Å². The van der Waals surface area contributed by atoms with Gasteiger partial charge in [-0.3, -0.25) is 9.82 Å². The molecule has 10 nitrogen and oxygen atoms in total. The number of aromatic amines is 1. The summed E-state index contributed by atoms with van der Waals surface area (Å²) in [6.45, 7) is 3.79. The maximum atomic E-state index is 12.0. The van der Waals surface area contributed by atoms with E-state index in [1.165, 1.54) is 6.20 Å². The number of rotatable bonds is 8. The first kappa shape index (κ1) is 21.4. The first-order chi connectivity index (χ1) is 14.8. The lowest BCUT2D eigenvalue weighted by Crippen LogP contribution is -2.33. The molecule has 2 atom stereocenters. The number of nitrogens with one attached hydrogen (secondary N) is 4. The van der Waals surface area contributed by atoms with Crippen molar-refractivity contribution >= 4 is 33.4 Å². The SMILES string of the molecule is CC(C)NC(=O)O[C@@H]1CC[C@H](c2cc(Nc3ccc(NS(=O)(=O)C4CC4)cn3)n[nH]2)C1. The second-order valence-corrected chi connectivity index (χ2v) is 10.4. The van der Waals surface area contributed by atoms with E-state index in [0.29, 0.717) is 30.2 Å². The molecular formula is C20H28N6O4S. The first-order valence-corrected chi connectivity index (χ1v) is 12.1. The topological polar surface area (TPSA) is 138 Å². The standard InChI is InChI=1S/C20H28N6O4S/c1-12(2)22-20(27)30-15-5-3-13(9-15)17-10-19(25-24-17)23-18-8-4-14(11-21-18)26-31(28,29)16-6-7-16/h4,8,10-13,15-16,26H,3,5-7,9H2,1-2H3,(H,22,27)(H2,21,23,24,25)/t13-,15+/m0/s1. The number of sulfonamides is 1. The third-order valence-corrected chi connectivity index (χ3v) is 7.21. The van der Waals surface area contributed by atoms with Crippen molar-refractivity contribution in [3.8, 4) is 0 Å². The van der Waals surface area contributed by atoms with Crippen molar-refractivity contribution in [1.82, 2.24) is 20.5 Å². The molecule has 0 aromatic carbocycles. The number of anilines is 3. The lowest BCUT2D eigenvalue weighted by atomic mass is 10.0. The minimum Gasteiger partial charge on any atom is -0.446 e. The van der Waals surface area contributed by atoms with E-state index in [2.05, 4.69) is 30.5 Å². The molecule has 0 radical (unpaired) electrons. The van der Waals surface area contributed by atoms with Crippen LogP contribution in [0.3, 0.4) is 0 Å². The Morgan fingerprint density at radius 3 is 2.68 bits per heavy atom. The summed E-state index contributed by atoms with van der Waals surface area (Å²) in [4.78, 5) is 16.0. The van der Waals surface area contributed by atoms with Crippen LogP contribution in [-0.4, -0.2) is 47.1 Å².